The SMILES string of the molecule is CCCCCC#CC/C=C\CCCCCCCC(=O)OC. The maximum atomic E-state index is 10.9. The van der Waals surface area contributed by atoms with Gasteiger partial charge in [-0.15, -0.1) is 5.92 Å². The maximum absolute atomic E-state index is 10.9. The van der Waals surface area contributed by atoms with Gasteiger partial charge in [-0.3, -0.25) is 4.79 Å². The van der Waals surface area contributed by atoms with Gasteiger partial charge < -0.3 is 4.74 Å². The third kappa shape index (κ3) is 16.7. The van der Waals surface area contributed by atoms with Crippen LogP contribution in [-0.4, -0.2) is 13.1 Å². The summed E-state index contributed by atoms with van der Waals surface area (Å²) in [6.07, 6.45) is 17.7. The summed E-state index contributed by atoms with van der Waals surface area (Å²) < 4.78 is 4.61. The van der Waals surface area contributed by atoms with Crippen molar-refractivity contribution in [2.24, 2.45) is 0 Å². The Morgan fingerprint density at radius 3 is 2.48 bits per heavy atom. The minimum absolute atomic E-state index is 0.0891. The van der Waals surface area contributed by atoms with Crippen LogP contribution in [0, 0.1) is 11.8 Å². The molecule has 0 aliphatic heterocycles. The summed E-state index contributed by atoms with van der Waals surface area (Å²) in [5, 5.41) is 0. The van der Waals surface area contributed by atoms with Crippen molar-refractivity contribution in [2.45, 2.75) is 84.0 Å². The predicted octanol–water partition coefficient (Wildman–Crippen LogP) is 5.42. The van der Waals surface area contributed by atoms with Gasteiger partial charge in [0.15, 0.2) is 0 Å². The van der Waals surface area contributed by atoms with E-state index in [0.717, 1.165) is 32.1 Å². The van der Waals surface area contributed by atoms with Gasteiger partial charge in [-0.2, -0.15) is 0 Å². The fraction of sp³-hybridized carbons (Fsp3) is 0.737. The zero-order valence-electron chi connectivity index (χ0n) is 14.0. The van der Waals surface area contributed by atoms with Crippen molar-refractivity contribution < 1.29 is 9.53 Å². The number of rotatable bonds is 12. The predicted molar refractivity (Wildman–Crippen MR) is 90.0 cm³/mol. The van der Waals surface area contributed by atoms with E-state index in [4.69, 9.17) is 0 Å². The highest BCUT2D eigenvalue weighted by Crippen LogP contribution is 2.08. The normalized spacial score (nSPS) is 10.4. The molecule has 0 amide bonds. The molecule has 2 nitrogen and oxygen atoms in total. The van der Waals surface area contributed by atoms with Crippen molar-refractivity contribution in [1.29, 1.82) is 0 Å². The summed E-state index contributed by atoms with van der Waals surface area (Å²) in [6.45, 7) is 2.22. The van der Waals surface area contributed by atoms with E-state index < -0.39 is 0 Å². The van der Waals surface area contributed by atoms with Crippen molar-refractivity contribution in [3.63, 3.8) is 0 Å². The number of hydrogen-bond donors (Lipinski definition) is 0. The average molecular weight is 292 g/mol. The molecule has 0 aromatic carbocycles. The van der Waals surface area contributed by atoms with Crippen molar-refractivity contribution in [2.75, 3.05) is 7.11 Å². The van der Waals surface area contributed by atoms with Gasteiger partial charge in [0.25, 0.3) is 0 Å². The number of allylic oxidation sites excluding steroid dienone is 2. The molecule has 21 heavy (non-hydrogen) atoms. The number of unbranched alkanes of at least 4 members (excludes halogenated alkanes) is 8. The Hall–Kier alpha value is -1.23. The molecule has 0 bridgehead atoms. The molecule has 0 aliphatic rings. The fourth-order valence-corrected chi connectivity index (χ4v) is 2.05. The van der Waals surface area contributed by atoms with Crippen LogP contribution in [0.1, 0.15) is 84.0 Å². The van der Waals surface area contributed by atoms with Gasteiger partial charge in [0.05, 0.1) is 7.11 Å². The molecule has 0 aliphatic carbocycles. The monoisotopic (exact) mass is 292 g/mol. The average Bonchev–Trinajstić information content (AvgIpc) is 2.50. The second-order valence-electron chi connectivity index (χ2n) is 5.37. The first-order valence-corrected chi connectivity index (χ1v) is 8.48. The van der Waals surface area contributed by atoms with Gasteiger partial charge in [0.2, 0.25) is 0 Å². The van der Waals surface area contributed by atoms with E-state index in [1.807, 2.05) is 0 Å². The molecular weight excluding hydrogens is 260 g/mol. The van der Waals surface area contributed by atoms with Gasteiger partial charge >= 0.3 is 5.97 Å². The third-order valence-electron chi connectivity index (χ3n) is 3.40. The molecule has 0 rings (SSSR count). The molecule has 0 N–H and O–H groups in total. The van der Waals surface area contributed by atoms with Crippen molar-refractivity contribution in [1.82, 2.24) is 0 Å². The van der Waals surface area contributed by atoms with Gasteiger partial charge in [-0.25, -0.2) is 0 Å². The highest BCUT2D eigenvalue weighted by Gasteiger charge is 1.98. The van der Waals surface area contributed by atoms with Crippen molar-refractivity contribution in [3.8, 4) is 11.8 Å². The van der Waals surface area contributed by atoms with Gasteiger partial charge in [0, 0.05) is 19.3 Å². The lowest BCUT2D eigenvalue weighted by molar-refractivity contribution is -0.140. The topological polar surface area (TPSA) is 26.3 Å². The molecule has 0 radical (unpaired) electrons. The lowest BCUT2D eigenvalue weighted by atomic mass is 10.1. The standard InChI is InChI=1S/C19H32O2/c1-3-4-5-6-7-8-9-10-11-12-13-14-15-16-17-18-19(20)21-2/h10-11H,3-6,9,12-18H2,1-2H3/b11-10-. The Bertz CT molecular complexity index is 320. The van der Waals surface area contributed by atoms with Gasteiger partial charge in [0.1, 0.15) is 0 Å². The lowest BCUT2D eigenvalue weighted by Crippen LogP contribution is -1.98. The Labute approximate surface area is 131 Å². The second-order valence-corrected chi connectivity index (χ2v) is 5.37. The number of methoxy groups -OCH3 is 1. The first kappa shape index (κ1) is 19.8. The summed E-state index contributed by atoms with van der Waals surface area (Å²) in [4.78, 5) is 10.9. The highest BCUT2D eigenvalue weighted by atomic mass is 16.5. The Morgan fingerprint density at radius 1 is 0.952 bits per heavy atom. The molecule has 2 heteroatoms. The minimum atomic E-state index is -0.0891. The number of hydrogen-bond acceptors (Lipinski definition) is 2. The molecule has 0 fully saturated rings. The lowest BCUT2D eigenvalue weighted by Gasteiger charge is -1.99. The van der Waals surface area contributed by atoms with E-state index in [2.05, 4.69) is 35.7 Å². The smallest absolute Gasteiger partial charge is 0.305 e. The summed E-state index contributed by atoms with van der Waals surface area (Å²) >= 11 is 0. The van der Waals surface area contributed by atoms with Crippen LogP contribution in [0.3, 0.4) is 0 Å². The van der Waals surface area contributed by atoms with Gasteiger partial charge in [-0.05, 0) is 25.7 Å². The fourth-order valence-electron chi connectivity index (χ4n) is 2.05. The number of carbonyl (C=O) groups excluding carboxylic acids is 1. The van der Waals surface area contributed by atoms with Crippen LogP contribution in [0.25, 0.3) is 0 Å². The van der Waals surface area contributed by atoms with Crippen molar-refractivity contribution >= 4 is 5.97 Å². The Morgan fingerprint density at radius 2 is 1.71 bits per heavy atom. The van der Waals surface area contributed by atoms with Crippen LogP contribution >= 0.6 is 0 Å². The first-order chi connectivity index (χ1) is 10.3. The first-order valence-electron chi connectivity index (χ1n) is 8.48. The van der Waals surface area contributed by atoms with E-state index in [9.17, 15) is 4.79 Å². The molecule has 0 saturated heterocycles. The van der Waals surface area contributed by atoms with Gasteiger partial charge in [-0.1, -0.05) is 57.1 Å². The third-order valence-corrected chi connectivity index (χ3v) is 3.40. The minimum Gasteiger partial charge on any atom is -0.469 e. The zero-order valence-corrected chi connectivity index (χ0v) is 14.0. The Kier molecular flexibility index (Phi) is 15.8. The summed E-state index contributed by atoms with van der Waals surface area (Å²) in [5.74, 6) is 6.33. The molecule has 0 atom stereocenters. The highest BCUT2D eigenvalue weighted by molar-refractivity contribution is 5.68. The summed E-state index contributed by atoms with van der Waals surface area (Å²) in [6, 6.07) is 0. The van der Waals surface area contributed by atoms with E-state index in [1.165, 1.54) is 45.6 Å². The molecule has 0 heterocycles. The number of esters is 1. The van der Waals surface area contributed by atoms with E-state index in [0.29, 0.717) is 6.42 Å². The Balaban J connectivity index is 3.23. The molecule has 0 saturated carbocycles. The largest absolute Gasteiger partial charge is 0.469 e. The number of ether oxygens (including phenoxy) is 1. The molecule has 0 aromatic heterocycles. The van der Waals surface area contributed by atoms with Crippen LogP contribution in [0.4, 0.5) is 0 Å². The van der Waals surface area contributed by atoms with Crippen LogP contribution in [0.2, 0.25) is 0 Å². The van der Waals surface area contributed by atoms with Crippen LogP contribution < -0.4 is 0 Å². The summed E-state index contributed by atoms with van der Waals surface area (Å²) in [7, 11) is 1.45. The molecule has 0 spiro atoms. The second kappa shape index (κ2) is 16.8. The van der Waals surface area contributed by atoms with Crippen LogP contribution in [-0.2, 0) is 9.53 Å². The zero-order chi connectivity index (χ0) is 15.6. The molecule has 120 valence electrons. The molecular formula is C19H32O2. The maximum Gasteiger partial charge on any atom is 0.305 e. The molecule has 0 aromatic rings. The van der Waals surface area contributed by atoms with E-state index in [-0.39, 0.29) is 5.97 Å². The van der Waals surface area contributed by atoms with Crippen LogP contribution in [0.15, 0.2) is 12.2 Å². The van der Waals surface area contributed by atoms with E-state index in [1.54, 1.807) is 0 Å². The number of carbonyl (C=O) groups is 1. The van der Waals surface area contributed by atoms with E-state index >= 15 is 0 Å². The summed E-state index contributed by atoms with van der Waals surface area (Å²) in [5.41, 5.74) is 0. The van der Waals surface area contributed by atoms with Crippen molar-refractivity contribution in [3.05, 3.63) is 12.2 Å². The van der Waals surface area contributed by atoms with Crippen LogP contribution in [0.5, 0.6) is 0 Å². The molecule has 0 unspecified atom stereocenters. The quantitative estimate of drug-likeness (QED) is 0.208.